The van der Waals surface area contributed by atoms with Crippen molar-refractivity contribution in [1.82, 2.24) is 54.3 Å². The number of nitrogen functional groups attached to an aromatic ring is 2. The van der Waals surface area contributed by atoms with Crippen LogP contribution in [-0.4, -0.2) is 168 Å². The number of rotatable bonds is 1. The molecule has 3 radical (unpaired) electrons. The average molecular weight is 1070 g/mol. The van der Waals surface area contributed by atoms with Gasteiger partial charge in [-0.25, -0.2) is 29.7 Å². The smallest absolute Gasteiger partial charge is 0.365 e. The van der Waals surface area contributed by atoms with Gasteiger partial charge in [0, 0.05) is 158 Å². The Hall–Kier alpha value is -3.94. The molecule has 0 atom stereocenters. The van der Waals surface area contributed by atoms with E-state index in [4.69, 9.17) is 21.8 Å². The van der Waals surface area contributed by atoms with Crippen LogP contribution in [0.5, 0.6) is 0 Å². The number of carbonyl (C=O) groups excluding carboxylic acids is 1. The number of likely N-dealkylation sites (tertiary alicyclic amines) is 1. The highest BCUT2D eigenvalue weighted by Crippen LogP contribution is 2.28. The number of carboxylic acid groups (broad SMARTS) is 1. The summed E-state index contributed by atoms with van der Waals surface area (Å²) in [7, 11) is 12.6. The summed E-state index contributed by atoms with van der Waals surface area (Å²) >= 11 is 7.83. The van der Waals surface area contributed by atoms with Gasteiger partial charge in [-0.05, 0) is 42.3 Å². The van der Waals surface area contributed by atoms with E-state index in [-0.39, 0.29) is 39.1 Å². The van der Waals surface area contributed by atoms with Crippen molar-refractivity contribution in [2.24, 2.45) is 0 Å². The molecule has 11 rings (SSSR count). The standard InChI is InChI=1S/C8H9N3S.C8H10N2O2S.2C7H11N3S.C7H10N2S.C6H11NO.2CH4.B.2FH.H2/c1-11-3-2-6-7(5-11)12-8(4-9)10-6;1-10-3-2-5-6(4-10)13-7(9-5)8(11)12;2*1-10-3-2-5-6(4-10)11-7(8)9-5;1-9-3-2-6-7(4-9)10-5-8-6;1-7-4-2-6(8)3-5-7;;;;;;/h2-3,5H2,1H3;2-4H2,1H3,(H,11,12);2*2-4H2,1H3,(H2,8,9);5H,2-4H2,1H3;2-5H2,1H3;2*1H4;;3*1H/i;;;;;;;;;;;1+1. The maximum Gasteiger partial charge on any atom is 0.365 e. The first-order valence-corrected chi connectivity index (χ1v) is 25.9. The molecule has 0 amide bonds. The highest BCUT2D eigenvalue weighted by atomic mass is 32.1. The summed E-state index contributed by atoms with van der Waals surface area (Å²) in [5.41, 5.74) is 19.0. The minimum atomic E-state index is -0.915. The summed E-state index contributed by atoms with van der Waals surface area (Å²) < 4.78 is 0. The van der Waals surface area contributed by atoms with Crippen molar-refractivity contribution in [2.45, 2.75) is 92.5 Å². The summed E-state index contributed by atoms with van der Waals surface area (Å²) in [4.78, 5) is 62.4. The van der Waals surface area contributed by atoms with Crippen LogP contribution in [0.1, 0.15) is 96.8 Å². The van der Waals surface area contributed by atoms with Crippen molar-refractivity contribution >= 4 is 87.1 Å². The zero-order chi connectivity index (χ0) is 46.6. The zero-order valence-electron chi connectivity index (χ0n) is 39.7. The molecule has 0 bridgehead atoms. The van der Waals surface area contributed by atoms with E-state index in [9.17, 15) is 9.59 Å². The van der Waals surface area contributed by atoms with E-state index >= 15 is 0 Å². The van der Waals surface area contributed by atoms with Crippen LogP contribution in [0.3, 0.4) is 0 Å². The predicted molar refractivity (Wildman–Crippen MR) is 289 cm³/mol. The second-order valence-electron chi connectivity index (χ2n) is 17.0. The molecule has 5 aromatic rings. The first-order chi connectivity index (χ1) is 31.1. The molecule has 11 heterocycles. The molecule has 70 heavy (non-hydrogen) atoms. The topological polar surface area (TPSA) is 214 Å². The van der Waals surface area contributed by atoms with Crippen molar-refractivity contribution in [1.29, 1.82) is 5.26 Å². The van der Waals surface area contributed by atoms with E-state index in [1.807, 2.05) is 19.6 Å². The van der Waals surface area contributed by atoms with Gasteiger partial charge in [-0.1, -0.05) is 14.9 Å². The summed E-state index contributed by atoms with van der Waals surface area (Å²) in [6.45, 7) is 12.2. The summed E-state index contributed by atoms with van der Waals surface area (Å²) in [5.74, 6) is -0.495. The van der Waals surface area contributed by atoms with E-state index in [1.54, 1.807) is 34.0 Å². The van der Waals surface area contributed by atoms with E-state index < -0.39 is 5.97 Å². The van der Waals surface area contributed by atoms with Crippen LogP contribution >= 0.6 is 56.7 Å². The quantitative estimate of drug-likeness (QED) is 0.162. The highest BCUT2D eigenvalue weighted by molar-refractivity contribution is 7.16. The lowest BCUT2D eigenvalue weighted by Gasteiger charge is -2.20. The number of aromatic carboxylic acids is 1. The predicted octanol–water partition coefficient (Wildman–Crippen LogP) is 6.11. The van der Waals surface area contributed by atoms with Crippen LogP contribution in [0.15, 0.2) is 5.51 Å². The third-order valence-electron chi connectivity index (χ3n) is 11.4. The number of anilines is 2. The van der Waals surface area contributed by atoms with Gasteiger partial charge < -0.3 is 46.0 Å². The number of ketones is 1. The molecule has 5 N–H and O–H groups in total. The Morgan fingerprint density at radius 3 is 1.34 bits per heavy atom. The first kappa shape index (κ1) is 64.1. The van der Waals surface area contributed by atoms with Gasteiger partial charge >= 0.3 is 5.97 Å². The lowest BCUT2D eigenvalue weighted by atomic mass is 10.1. The fourth-order valence-corrected chi connectivity index (χ4v) is 12.4. The summed E-state index contributed by atoms with van der Waals surface area (Å²) in [6.07, 6.45) is 6.63. The van der Waals surface area contributed by atoms with Crippen molar-refractivity contribution < 1.29 is 25.5 Å². The number of carbonyl (C=O) groups is 2. The largest absolute Gasteiger partial charge is 0.476 e. The molecule has 0 spiro atoms. The number of halogens is 2. The molecule has 0 aromatic carbocycles. The Kier molecular flexibility index (Phi) is 28.2. The number of nitrogens with zero attached hydrogens (tertiary/aromatic N) is 12. The molecule has 5 aromatic heterocycles. The zero-order valence-corrected chi connectivity index (χ0v) is 43.8. The van der Waals surface area contributed by atoms with Gasteiger partial charge in [-0.3, -0.25) is 14.2 Å². The molecular formula is C45H74BF2N14O3S5. The molecule has 17 nitrogen and oxygen atoms in total. The number of aromatic nitrogens is 5. The van der Waals surface area contributed by atoms with Crippen molar-refractivity contribution in [2.75, 3.05) is 99.6 Å². The SMILES string of the molecule is C.C.CN1CCC(=O)CC1.CN1CCc2nc(C#N)sc2C1.CN1CCc2nc(C(=O)O)sc2C1.CN1CCc2nc(N)sc2C1.CN1CCc2nc(N)sc2C1.CN1CCc2ncsc2C1.F.F.[2HH].[B]. The lowest BCUT2D eigenvalue weighted by molar-refractivity contribution is -0.121. The van der Waals surface area contributed by atoms with Crippen LogP contribution in [0.2, 0.25) is 0 Å². The van der Waals surface area contributed by atoms with Gasteiger partial charge in [0.25, 0.3) is 0 Å². The van der Waals surface area contributed by atoms with Crippen LogP contribution < -0.4 is 11.5 Å². The van der Waals surface area contributed by atoms with E-state index in [1.165, 1.54) is 59.3 Å². The second-order valence-corrected chi connectivity index (χ2v) is 22.4. The Morgan fingerprint density at radius 2 is 0.929 bits per heavy atom. The normalized spacial score (nSPS) is 17.2. The van der Waals surface area contributed by atoms with Gasteiger partial charge in [0.05, 0.1) is 34.0 Å². The summed E-state index contributed by atoms with van der Waals surface area (Å²) in [6, 6.07) is 2.09. The van der Waals surface area contributed by atoms with E-state index in [0.29, 0.717) is 21.1 Å². The fourth-order valence-electron chi connectivity index (χ4n) is 7.59. The third-order valence-corrected chi connectivity index (χ3v) is 16.2. The van der Waals surface area contributed by atoms with Gasteiger partial charge in [0.2, 0.25) is 5.01 Å². The van der Waals surface area contributed by atoms with E-state index in [2.05, 4.69) is 88.6 Å². The molecular weight excluding hydrogens is 994 g/mol. The Balaban J connectivity index is 0.000000818. The molecule has 6 aliphatic heterocycles. The minimum Gasteiger partial charge on any atom is -0.476 e. The molecule has 1 fully saturated rings. The Morgan fingerprint density at radius 1 is 0.571 bits per heavy atom. The lowest BCUT2D eigenvalue weighted by Crippen LogP contribution is -2.29. The molecule has 389 valence electrons. The van der Waals surface area contributed by atoms with Crippen LogP contribution in [0, 0.1) is 11.3 Å². The number of nitriles is 1. The average Bonchev–Trinajstić information content (AvgIpc) is 4.12. The monoisotopic (exact) mass is 1070 g/mol. The number of hydrogen-bond donors (Lipinski definition) is 3. The Bertz CT molecular complexity index is 2350. The van der Waals surface area contributed by atoms with Crippen molar-refractivity contribution in [3.8, 4) is 6.07 Å². The Labute approximate surface area is 436 Å². The number of carboxylic acids is 1. The van der Waals surface area contributed by atoms with Crippen molar-refractivity contribution in [3.63, 3.8) is 0 Å². The number of nitrogens with two attached hydrogens (primary N) is 2. The number of likely N-dealkylation sites (N-methyl/N-ethyl adjacent to an activating group) is 5. The van der Waals surface area contributed by atoms with Gasteiger partial charge in [0.1, 0.15) is 11.9 Å². The maximum atomic E-state index is 10.6. The maximum absolute atomic E-state index is 10.6. The number of hydrogen-bond acceptors (Lipinski definition) is 21. The molecule has 0 unspecified atom stereocenters. The van der Waals surface area contributed by atoms with Crippen LogP contribution in [-0.2, 0) is 69.6 Å². The van der Waals surface area contributed by atoms with Crippen LogP contribution in [0.4, 0.5) is 19.7 Å². The van der Waals surface area contributed by atoms with Crippen LogP contribution in [0.25, 0.3) is 0 Å². The van der Waals surface area contributed by atoms with Gasteiger partial charge in [-0.2, -0.15) is 5.26 Å². The molecule has 25 heteroatoms. The van der Waals surface area contributed by atoms with Gasteiger partial charge in [-0.15, -0.1) is 56.7 Å². The number of fused-ring (bicyclic) bond motifs is 5. The molecule has 1 saturated heterocycles. The molecule has 0 aliphatic carbocycles. The first-order valence-electron chi connectivity index (χ1n) is 21.7. The van der Waals surface area contributed by atoms with Crippen molar-refractivity contribution in [3.05, 3.63) is 68.4 Å². The second kappa shape index (κ2) is 30.8. The minimum absolute atomic E-state index is 0. The summed E-state index contributed by atoms with van der Waals surface area (Å²) in [5, 5.41) is 19.6. The van der Waals surface area contributed by atoms with E-state index in [0.717, 1.165) is 140 Å². The molecule has 6 aliphatic rings. The highest BCUT2D eigenvalue weighted by Gasteiger charge is 2.22. The van der Waals surface area contributed by atoms with Gasteiger partial charge in [0.15, 0.2) is 15.3 Å². The number of Topliss-reactive ketones (excluding diaryl/α,β-unsaturated/α-hetero) is 1. The number of thiazole rings is 5. The fraction of sp³-hybridized carbons (Fsp3) is 0.600. The number of piperidine rings is 1. The molecule has 0 saturated carbocycles. The third kappa shape index (κ3) is 19.2.